The van der Waals surface area contributed by atoms with E-state index >= 15 is 0 Å². The summed E-state index contributed by atoms with van der Waals surface area (Å²) in [7, 11) is 0. The summed E-state index contributed by atoms with van der Waals surface area (Å²) in [5.41, 5.74) is 0.506. The van der Waals surface area contributed by atoms with Gasteiger partial charge >= 0.3 is 0 Å². The maximum absolute atomic E-state index is 13.2. The molecule has 2 aromatic rings. The largest absolute Gasteiger partial charge is 0.319 e. The maximum Gasteiger partial charge on any atom is 0.255 e. The molecule has 0 atom stereocenters. The molecule has 1 aromatic carbocycles. The Morgan fingerprint density at radius 1 is 1.22 bits per heavy atom. The molecule has 4 nitrogen and oxygen atoms in total. The highest BCUT2D eigenvalue weighted by Crippen LogP contribution is 2.16. The molecule has 18 heavy (non-hydrogen) atoms. The Balaban J connectivity index is 2.16. The van der Waals surface area contributed by atoms with Gasteiger partial charge in [0.2, 0.25) is 5.28 Å². The molecule has 92 valence electrons. The van der Waals surface area contributed by atoms with Gasteiger partial charge in [-0.15, -0.1) is 0 Å². The Morgan fingerprint density at radius 2 is 1.89 bits per heavy atom. The van der Waals surface area contributed by atoms with Crippen LogP contribution in [0.1, 0.15) is 10.4 Å². The number of amides is 1. The van der Waals surface area contributed by atoms with Gasteiger partial charge in [0, 0.05) is 5.56 Å². The smallest absolute Gasteiger partial charge is 0.255 e. The van der Waals surface area contributed by atoms with Gasteiger partial charge in [0.25, 0.3) is 5.91 Å². The molecule has 7 heteroatoms. The van der Waals surface area contributed by atoms with Gasteiger partial charge in [0.05, 0.1) is 23.1 Å². The number of hydrogen-bond acceptors (Lipinski definition) is 3. The average molecular weight is 286 g/mol. The molecule has 0 unspecified atom stereocenters. The van der Waals surface area contributed by atoms with E-state index in [2.05, 4.69) is 15.3 Å². The number of anilines is 1. The van der Waals surface area contributed by atoms with E-state index in [0.29, 0.717) is 5.69 Å². The molecule has 0 bridgehead atoms. The predicted octanol–water partition coefficient (Wildman–Crippen LogP) is 3.17. The van der Waals surface area contributed by atoms with Crippen LogP contribution in [0.2, 0.25) is 10.3 Å². The molecule has 0 radical (unpaired) electrons. The van der Waals surface area contributed by atoms with Crippen molar-refractivity contribution < 1.29 is 9.18 Å². The van der Waals surface area contributed by atoms with Gasteiger partial charge in [0.15, 0.2) is 0 Å². The highest BCUT2D eigenvalue weighted by Gasteiger charge is 2.09. The molecule has 0 saturated carbocycles. The number of carbonyl (C=O) groups is 1. The van der Waals surface area contributed by atoms with E-state index in [0.717, 1.165) is 6.07 Å². The van der Waals surface area contributed by atoms with Gasteiger partial charge in [0.1, 0.15) is 5.82 Å². The summed E-state index contributed by atoms with van der Waals surface area (Å²) in [4.78, 5) is 19.2. The van der Waals surface area contributed by atoms with Crippen LogP contribution in [0.5, 0.6) is 0 Å². The minimum atomic E-state index is -0.656. The summed E-state index contributed by atoms with van der Waals surface area (Å²) in [6.45, 7) is 0. The summed E-state index contributed by atoms with van der Waals surface area (Å²) in [5.74, 6) is -1.15. The molecule has 1 aromatic heterocycles. The van der Waals surface area contributed by atoms with Crippen LogP contribution < -0.4 is 5.32 Å². The minimum Gasteiger partial charge on any atom is -0.319 e. The molecular weight excluding hydrogens is 280 g/mol. The SMILES string of the molecule is O=C(Nc1cnc(Cl)nc1)c1ccc(Cl)c(F)c1. The summed E-state index contributed by atoms with van der Waals surface area (Å²) >= 11 is 11.0. The lowest BCUT2D eigenvalue weighted by Gasteiger charge is -2.04. The highest BCUT2D eigenvalue weighted by molar-refractivity contribution is 6.30. The molecule has 0 aliphatic rings. The zero-order chi connectivity index (χ0) is 13.1. The van der Waals surface area contributed by atoms with E-state index in [1.165, 1.54) is 24.5 Å². The van der Waals surface area contributed by atoms with Crippen molar-refractivity contribution >= 4 is 34.8 Å². The summed E-state index contributed by atoms with van der Waals surface area (Å²) in [5, 5.41) is 2.53. The van der Waals surface area contributed by atoms with Crippen LogP contribution in [0, 0.1) is 5.82 Å². The predicted molar refractivity (Wildman–Crippen MR) is 66.4 cm³/mol. The lowest BCUT2D eigenvalue weighted by Crippen LogP contribution is -2.12. The summed E-state index contributed by atoms with van der Waals surface area (Å²) in [6.07, 6.45) is 2.69. The normalized spacial score (nSPS) is 10.2. The molecule has 0 aliphatic heterocycles. The maximum atomic E-state index is 13.2. The number of halogens is 3. The third-order valence-corrected chi connectivity index (χ3v) is 2.56. The van der Waals surface area contributed by atoms with Crippen LogP contribution in [-0.4, -0.2) is 15.9 Å². The number of hydrogen-bond donors (Lipinski definition) is 1. The quantitative estimate of drug-likeness (QED) is 0.863. The van der Waals surface area contributed by atoms with Crippen LogP contribution in [0.3, 0.4) is 0 Å². The Labute approximate surface area is 112 Å². The van der Waals surface area contributed by atoms with Crippen LogP contribution in [0.25, 0.3) is 0 Å². The van der Waals surface area contributed by atoms with Crippen molar-refractivity contribution in [3.8, 4) is 0 Å². The van der Waals surface area contributed by atoms with E-state index in [1.54, 1.807) is 0 Å². The molecule has 1 amide bonds. The second-order valence-corrected chi connectivity index (χ2v) is 4.07. The lowest BCUT2D eigenvalue weighted by molar-refractivity contribution is 0.102. The van der Waals surface area contributed by atoms with Crippen LogP contribution in [-0.2, 0) is 0 Å². The van der Waals surface area contributed by atoms with Gasteiger partial charge in [-0.3, -0.25) is 4.79 Å². The molecular formula is C11H6Cl2FN3O. The number of aromatic nitrogens is 2. The van der Waals surface area contributed by atoms with Crippen molar-refractivity contribution in [3.05, 3.63) is 52.3 Å². The molecule has 2 rings (SSSR count). The number of nitrogens with zero attached hydrogens (tertiary/aromatic N) is 2. The Hall–Kier alpha value is -1.72. The monoisotopic (exact) mass is 285 g/mol. The fraction of sp³-hybridized carbons (Fsp3) is 0. The van der Waals surface area contributed by atoms with Gasteiger partial charge in [-0.1, -0.05) is 11.6 Å². The van der Waals surface area contributed by atoms with E-state index in [-0.39, 0.29) is 15.9 Å². The van der Waals surface area contributed by atoms with Crippen molar-refractivity contribution in [3.63, 3.8) is 0 Å². The Morgan fingerprint density at radius 3 is 2.50 bits per heavy atom. The van der Waals surface area contributed by atoms with Gasteiger partial charge < -0.3 is 5.32 Å². The van der Waals surface area contributed by atoms with E-state index < -0.39 is 11.7 Å². The average Bonchev–Trinajstić information content (AvgIpc) is 2.35. The van der Waals surface area contributed by atoms with E-state index in [4.69, 9.17) is 23.2 Å². The summed E-state index contributed by atoms with van der Waals surface area (Å²) in [6, 6.07) is 3.77. The van der Waals surface area contributed by atoms with E-state index in [1.807, 2.05) is 0 Å². The first kappa shape index (κ1) is 12.7. The van der Waals surface area contributed by atoms with Gasteiger partial charge in [-0.25, -0.2) is 14.4 Å². The fourth-order valence-electron chi connectivity index (χ4n) is 1.22. The first-order valence-corrected chi connectivity index (χ1v) is 5.56. The number of rotatable bonds is 2. The van der Waals surface area contributed by atoms with Crippen molar-refractivity contribution in [1.29, 1.82) is 0 Å². The van der Waals surface area contributed by atoms with Crippen LogP contribution >= 0.6 is 23.2 Å². The van der Waals surface area contributed by atoms with Gasteiger partial charge in [-0.05, 0) is 29.8 Å². The third kappa shape index (κ3) is 2.94. The second kappa shape index (κ2) is 5.29. The molecule has 0 fully saturated rings. The highest BCUT2D eigenvalue weighted by atomic mass is 35.5. The number of benzene rings is 1. The van der Waals surface area contributed by atoms with Crippen LogP contribution in [0.15, 0.2) is 30.6 Å². The molecule has 0 aliphatic carbocycles. The Bertz CT molecular complexity index is 589. The van der Waals surface area contributed by atoms with Gasteiger partial charge in [-0.2, -0.15) is 0 Å². The zero-order valence-corrected chi connectivity index (χ0v) is 10.3. The van der Waals surface area contributed by atoms with Crippen molar-refractivity contribution in [2.45, 2.75) is 0 Å². The first-order valence-electron chi connectivity index (χ1n) is 4.80. The molecule has 1 heterocycles. The molecule has 0 saturated heterocycles. The third-order valence-electron chi connectivity index (χ3n) is 2.06. The summed E-state index contributed by atoms with van der Waals surface area (Å²) < 4.78 is 13.2. The standard InChI is InChI=1S/C11H6Cl2FN3O/c12-8-2-1-6(3-9(8)14)10(18)17-7-4-15-11(13)16-5-7/h1-5H,(H,17,18). The first-order chi connectivity index (χ1) is 8.56. The minimum absolute atomic E-state index is 0.0404. The van der Waals surface area contributed by atoms with Crippen molar-refractivity contribution in [2.24, 2.45) is 0 Å². The van der Waals surface area contributed by atoms with Crippen LogP contribution in [0.4, 0.5) is 10.1 Å². The topological polar surface area (TPSA) is 54.9 Å². The zero-order valence-electron chi connectivity index (χ0n) is 8.82. The Kier molecular flexibility index (Phi) is 3.74. The lowest BCUT2D eigenvalue weighted by atomic mass is 10.2. The number of nitrogens with one attached hydrogen (secondary N) is 1. The van der Waals surface area contributed by atoms with Crippen molar-refractivity contribution in [2.75, 3.05) is 5.32 Å². The number of carbonyl (C=O) groups excluding carboxylic acids is 1. The van der Waals surface area contributed by atoms with E-state index in [9.17, 15) is 9.18 Å². The molecule has 0 spiro atoms. The van der Waals surface area contributed by atoms with Crippen molar-refractivity contribution in [1.82, 2.24) is 9.97 Å². The fourth-order valence-corrected chi connectivity index (χ4v) is 1.43. The second-order valence-electron chi connectivity index (χ2n) is 3.32. The molecule has 1 N–H and O–H groups in total.